The van der Waals surface area contributed by atoms with E-state index < -0.39 is 0 Å². The summed E-state index contributed by atoms with van der Waals surface area (Å²) >= 11 is 0. The van der Waals surface area contributed by atoms with Crippen molar-refractivity contribution in [2.24, 2.45) is 0 Å². The summed E-state index contributed by atoms with van der Waals surface area (Å²) in [5, 5.41) is 0. The van der Waals surface area contributed by atoms with Crippen LogP contribution < -0.4 is 5.73 Å². The van der Waals surface area contributed by atoms with E-state index in [4.69, 9.17) is 5.73 Å². The van der Waals surface area contributed by atoms with Crippen LogP contribution in [-0.2, 0) is 5.41 Å². The monoisotopic (exact) mass is 273 g/mol. The summed E-state index contributed by atoms with van der Waals surface area (Å²) in [7, 11) is 0. The number of anilines is 1. The molecule has 0 aliphatic rings. The van der Waals surface area contributed by atoms with E-state index >= 15 is 0 Å². The van der Waals surface area contributed by atoms with Crippen molar-refractivity contribution in [2.75, 3.05) is 5.73 Å². The van der Waals surface area contributed by atoms with Gasteiger partial charge in [0, 0.05) is 16.5 Å². The van der Waals surface area contributed by atoms with Crippen molar-refractivity contribution in [1.29, 1.82) is 0 Å². The van der Waals surface area contributed by atoms with Crippen LogP contribution in [0, 0.1) is 19.7 Å². The molecule has 0 atom stereocenters. The SMILES string of the molecule is Cc1ccc(F)cc1-c1nc(C(C)(C)C)nc(N)c1C. The second-order valence-electron chi connectivity index (χ2n) is 6.12. The van der Waals surface area contributed by atoms with Gasteiger partial charge in [0.05, 0.1) is 5.69 Å². The number of halogens is 1. The van der Waals surface area contributed by atoms with Crippen molar-refractivity contribution in [1.82, 2.24) is 9.97 Å². The molecule has 0 saturated carbocycles. The molecule has 0 spiro atoms. The topological polar surface area (TPSA) is 51.8 Å². The van der Waals surface area contributed by atoms with Gasteiger partial charge in [-0.3, -0.25) is 0 Å². The lowest BCUT2D eigenvalue weighted by molar-refractivity contribution is 0.546. The van der Waals surface area contributed by atoms with Crippen LogP contribution in [0.3, 0.4) is 0 Å². The second-order valence-corrected chi connectivity index (χ2v) is 6.12. The average molecular weight is 273 g/mol. The van der Waals surface area contributed by atoms with Gasteiger partial charge in [0.15, 0.2) is 0 Å². The molecule has 0 saturated heterocycles. The number of hydrogen-bond donors (Lipinski definition) is 1. The summed E-state index contributed by atoms with van der Waals surface area (Å²) in [6.07, 6.45) is 0. The average Bonchev–Trinajstić information content (AvgIpc) is 2.34. The number of aromatic nitrogens is 2. The molecule has 4 heteroatoms. The highest BCUT2D eigenvalue weighted by molar-refractivity contribution is 5.70. The van der Waals surface area contributed by atoms with Crippen LogP contribution in [0.25, 0.3) is 11.3 Å². The Morgan fingerprint density at radius 1 is 1.10 bits per heavy atom. The number of hydrogen-bond acceptors (Lipinski definition) is 3. The summed E-state index contributed by atoms with van der Waals surface area (Å²) in [6, 6.07) is 4.69. The smallest absolute Gasteiger partial charge is 0.136 e. The molecule has 20 heavy (non-hydrogen) atoms. The van der Waals surface area contributed by atoms with Crippen LogP contribution in [0.1, 0.15) is 37.7 Å². The van der Waals surface area contributed by atoms with Gasteiger partial charge in [-0.2, -0.15) is 0 Å². The van der Waals surface area contributed by atoms with E-state index in [-0.39, 0.29) is 11.2 Å². The minimum atomic E-state index is -0.278. The molecule has 1 aromatic heterocycles. The molecule has 0 amide bonds. The molecule has 0 fully saturated rings. The second kappa shape index (κ2) is 4.85. The fourth-order valence-corrected chi connectivity index (χ4v) is 1.98. The maximum Gasteiger partial charge on any atom is 0.136 e. The maximum atomic E-state index is 13.5. The first kappa shape index (κ1) is 14.4. The predicted octanol–water partition coefficient (Wildman–Crippen LogP) is 3.78. The van der Waals surface area contributed by atoms with Crippen LogP contribution >= 0.6 is 0 Å². The Morgan fingerprint density at radius 2 is 1.75 bits per heavy atom. The predicted molar refractivity (Wildman–Crippen MR) is 80.0 cm³/mol. The lowest BCUT2D eigenvalue weighted by Crippen LogP contribution is -2.18. The number of nitrogens with zero attached hydrogens (tertiary/aromatic N) is 2. The molecule has 0 aliphatic heterocycles. The van der Waals surface area contributed by atoms with Crippen molar-refractivity contribution < 1.29 is 4.39 Å². The molecule has 3 nitrogen and oxygen atoms in total. The van der Waals surface area contributed by atoms with Crippen molar-refractivity contribution in [3.05, 3.63) is 41.0 Å². The minimum Gasteiger partial charge on any atom is -0.383 e. The number of aryl methyl sites for hydroxylation is 1. The Labute approximate surface area is 119 Å². The van der Waals surface area contributed by atoms with Gasteiger partial charge in [0.2, 0.25) is 0 Å². The first-order valence-electron chi connectivity index (χ1n) is 6.61. The van der Waals surface area contributed by atoms with E-state index in [2.05, 4.69) is 9.97 Å². The van der Waals surface area contributed by atoms with E-state index in [1.54, 1.807) is 6.07 Å². The third kappa shape index (κ3) is 2.64. The third-order valence-electron chi connectivity index (χ3n) is 3.31. The van der Waals surface area contributed by atoms with Gasteiger partial charge >= 0.3 is 0 Å². The molecule has 2 aromatic rings. The van der Waals surface area contributed by atoms with Gasteiger partial charge < -0.3 is 5.73 Å². The molecule has 0 radical (unpaired) electrons. The fourth-order valence-electron chi connectivity index (χ4n) is 1.98. The molecular weight excluding hydrogens is 253 g/mol. The lowest BCUT2D eigenvalue weighted by atomic mass is 9.94. The zero-order chi connectivity index (χ0) is 15.1. The summed E-state index contributed by atoms with van der Waals surface area (Å²) in [6.45, 7) is 9.88. The first-order chi connectivity index (χ1) is 9.20. The Kier molecular flexibility index (Phi) is 3.50. The molecule has 1 aromatic carbocycles. The van der Waals surface area contributed by atoms with Crippen molar-refractivity contribution >= 4 is 5.82 Å². The zero-order valence-electron chi connectivity index (χ0n) is 12.6. The Morgan fingerprint density at radius 3 is 2.35 bits per heavy atom. The first-order valence-corrected chi connectivity index (χ1v) is 6.61. The van der Waals surface area contributed by atoms with Gasteiger partial charge in [-0.1, -0.05) is 26.8 Å². The lowest BCUT2D eigenvalue weighted by Gasteiger charge is -2.20. The highest BCUT2D eigenvalue weighted by atomic mass is 19.1. The molecule has 0 bridgehead atoms. The van der Waals surface area contributed by atoms with Crippen molar-refractivity contribution in [3.8, 4) is 11.3 Å². The van der Waals surface area contributed by atoms with Gasteiger partial charge in [0.1, 0.15) is 17.5 Å². The molecular formula is C16H20FN3. The van der Waals surface area contributed by atoms with Crippen LogP contribution in [0.2, 0.25) is 0 Å². The number of rotatable bonds is 1. The highest BCUT2D eigenvalue weighted by Crippen LogP contribution is 2.30. The molecule has 2 rings (SSSR count). The van der Waals surface area contributed by atoms with E-state index in [0.717, 1.165) is 16.7 Å². The molecule has 0 aliphatic carbocycles. The highest BCUT2D eigenvalue weighted by Gasteiger charge is 2.21. The van der Waals surface area contributed by atoms with Gasteiger partial charge in [-0.05, 0) is 31.5 Å². The summed E-state index contributed by atoms with van der Waals surface area (Å²) in [4.78, 5) is 8.97. The van der Waals surface area contributed by atoms with Crippen LogP contribution in [0.4, 0.5) is 10.2 Å². The Bertz CT molecular complexity index is 658. The van der Waals surface area contributed by atoms with E-state index in [0.29, 0.717) is 17.3 Å². The number of nitrogens with two attached hydrogens (primary N) is 1. The van der Waals surface area contributed by atoms with Gasteiger partial charge in [-0.25, -0.2) is 14.4 Å². The summed E-state index contributed by atoms with van der Waals surface area (Å²) in [5.74, 6) is 0.835. The summed E-state index contributed by atoms with van der Waals surface area (Å²) < 4.78 is 13.5. The third-order valence-corrected chi connectivity index (χ3v) is 3.31. The molecule has 106 valence electrons. The van der Waals surface area contributed by atoms with Gasteiger partial charge in [0.25, 0.3) is 0 Å². The van der Waals surface area contributed by atoms with Gasteiger partial charge in [-0.15, -0.1) is 0 Å². The van der Waals surface area contributed by atoms with E-state index in [1.807, 2.05) is 34.6 Å². The van der Waals surface area contributed by atoms with Crippen LogP contribution in [0.15, 0.2) is 18.2 Å². The largest absolute Gasteiger partial charge is 0.383 e. The zero-order valence-corrected chi connectivity index (χ0v) is 12.6. The summed E-state index contributed by atoms with van der Waals surface area (Å²) in [5.41, 5.74) is 9.01. The molecule has 1 heterocycles. The fraction of sp³-hybridized carbons (Fsp3) is 0.375. The standard InChI is InChI=1S/C16H20FN3/c1-9-6-7-11(17)8-12(9)13-10(2)14(18)20-15(19-13)16(3,4)5/h6-8H,1-5H3,(H2,18,19,20). The van der Waals surface area contributed by atoms with Crippen LogP contribution in [0.5, 0.6) is 0 Å². The molecule has 2 N–H and O–H groups in total. The van der Waals surface area contributed by atoms with E-state index in [9.17, 15) is 4.39 Å². The normalized spacial score (nSPS) is 11.7. The van der Waals surface area contributed by atoms with Crippen LogP contribution in [-0.4, -0.2) is 9.97 Å². The quantitative estimate of drug-likeness (QED) is 0.860. The van der Waals surface area contributed by atoms with Crippen molar-refractivity contribution in [2.45, 2.75) is 40.0 Å². The maximum absolute atomic E-state index is 13.5. The van der Waals surface area contributed by atoms with E-state index in [1.165, 1.54) is 12.1 Å². The minimum absolute atomic E-state index is 0.211. The number of nitrogen functional groups attached to an aromatic ring is 1. The Balaban J connectivity index is 2.73. The molecule has 0 unspecified atom stereocenters. The number of benzene rings is 1. The Hall–Kier alpha value is -1.97. The van der Waals surface area contributed by atoms with Crippen molar-refractivity contribution in [3.63, 3.8) is 0 Å².